The summed E-state index contributed by atoms with van der Waals surface area (Å²) in [7, 11) is 0. The highest BCUT2D eigenvalue weighted by Gasteiger charge is 2.36. The molecular formula is C6H9N3O3. The molecule has 2 atom stereocenters. The monoisotopic (exact) mass is 171 g/mol. The van der Waals surface area contributed by atoms with Crippen LogP contribution in [0, 0.1) is 0 Å². The van der Waals surface area contributed by atoms with Gasteiger partial charge in [0.05, 0.1) is 6.04 Å². The molecule has 1 aliphatic heterocycles. The third-order valence-corrected chi connectivity index (χ3v) is 1.63. The van der Waals surface area contributed by atoms with Gasteiger partial charge in [-0.05, 0) is 6.92 Å². The molecule has 2 amide bonds. The predicted molar refractivity (Wildman–Crippen MR) is 39.8 cm³/mol. The maximum atomic E-state index is 10.7. The van der Waals surface area contributed by atoms with Crippen LogP contribution in [0.15, 0.2) is 5.16 Å². The van der Waals surface area contributed by atoms with Crippen LogP contribution in [0.4, 0.5) is 0 Å². The summed E-state index contributed by atoms with van der Waals surface area (Å²) in [4.78, 5) is 21.5. The normalized spacial score (nSPS) is 27.9. The van der Waals surface area contributed by atoms with Crippen molar-refractivity contribution in [1.82, 2.24) is 10.6 Å². The highest BCUT2D eigenvalue weighted by molar-refractivity contribution is 6.26. The van der Waals surface area contributed by atoms with Crippen LogP contribution in [0.5, 0.6) is 0 Å². The number of carbonyl (C=O) groups is 2. The molecule has 0 radical (unpaired) electrons. The summed E-state index contributed by atoms with van der Waals surface area (Å²) >= 11 is 0. The van der Waals surface area contributed by atoms with Gasteiger partial charge in [0.2, 0.25) is 5.91 Å². The van der Waals surface area contributed by atoms with E-state index in [1.54, 1.807) is 6.92 Å². The van der Waals surface area contributed by atoms with Crippen LogP contribution in [0.2, 0.25) is 0 Å². The van der Waals surface area contributed by atoms with Crippen LogP contribution >= 0.6 is 0 Å². The molecule has 1 heterocycles. The fourth-order valence-corrected chi connectivity index (χ4v) is 0.962. The van der Waals surface area contributed by atoms with Gasteiger partial charge in [-0.25, -0.2) is 0 Å². The summed E-state index contributed by atoms with van der Waals surface area (Å²) in [6, 6.07) is -0.566. The third-order valence-electron chi connectivity index (χ3n) is 1.63. The smallest absolute Gasteiger partial charge is 0.266 e. The molecule has 6 nitrogen and oxygen atoms in total. The van der Waals surface area contributed by atoms with Crippen LogP contribution in [0.25, 0.3) is 0 Å². The molecule has 66 valence electrons. The van der Waals surface area contributed by atoms with Crippen LogP contribution in [0.1, 0.15) is 6.92 Å². The Labute approximate surface area is 68.6 Å². The zero-order valence-corrected chi connectivity index (χ0v) is 6.44. The van der Waals surface area contributed by atoms with Crippen molar-refractivity contribution >= 4 is 18.0 Å². The van der Waals surface area contributed by atoms with Gasteiger partial charge in [0.1, 0.15) is 12.3 Å². The molecule has 0 bridgehead atoms. The second-order valence-corrected chi connectivity index (χ2v) is 2.53. The minimum Gasteiger partial charge on any atom is -0.411 e. The second kappa shape index (κ2) is 3.21. The molecule has 12 heavy (non-hydrogen) atoms. The van der Waals surface area contributed by atoms with Gasteiger partial charge in [0.25, 0.3) is 5.91 Å². The zero-order valence-electron chi connectivity index (χ0n) is 6.44. The van der Waals surface area contributed by atoms with Gasteiger partial charge in [-0.2, -0.15) is 0 Å². The molecule has 3 N–H and O–H groups in total. The Balaban J connectivity index is 2.40. The van der Waals surface area contributed by atoms with Crippen LogP contribution in [-0.2, 0) is 9.59 Å². The number of hydrogen-bond donors (Lipinski definition) is 3. The van der Waals surface area contributed by atoms with Gasteiger partial charge in [-0.3, -0.25) is 9.59 Å². The maximum absolute atomic E-state index is 10.7. The van der Waals surface area contributed by atoms with E-state index in [1.165, 1.54) is 0 Å². The quantitative estimate of drug-likeness (QED) is 0.203. The van der Waals surface area contributed by atoms with E-state index in [-0.39, 0.29) is 11.9 Å². The van der Waals surface area contributed by atoms with Crippen molar-refractivity contribution in [3.8, 4) is 0 Å². The molecule has 0 aromatic carbocycles. The van der Waals surface area contributed by atoms with Crippen molar-refractivity contribution in [3.63, 3.8) is 0 Å². The maximum Gasteiger partial charge on any atom is 0.266 e. The zero-order chi connectivity index (χ0) is 9.14. The summed E-state index contributed by atoms with van der Waals surface area (Å²) in [6.07, 6.45) is 0.707. The van der Waals surface area contributed by atoms with Gasteiger partial charge in [0, 0.05) is 0 Å². The SMILES string of the molecule is C[C@@H]1NC(=O)C1NC(=O)/C=N/O. The van der Waals surface area contributed by atoms with E-state index in [2.05, 4.69) is 15.8 Å². The fourth-order valence-electron chi connectivity index (χ4n) is 0.962. The number of nitrogens with zero attached hydrogens (tertiary/aromatic N) is 1. The van der Waals surface area contributed by atoms with Crippen molar-refractivity contribution in [1.29, 1.82) is 0 Å². The molecular weight excluding hydrogens is 162 g/mol. The van der Waals surface area contributed by atoms with Crippen molar-refractivity contribution in [2.75, 3.05) is 0 Å². The van der Waals surface area contributed by atoms with E-state index < -0.39 is 11.9 Å². The Morgan fingerprint density at radius 1 is 1.83 bits per heavy atom. The van der Waals surface area contributed by atoms with Crippen molar-refractivity contribution < 1.29 is 14.8 Å². The van der Waals surface area contributed by atoms with Crippen molar-refractivity contribution in [3.05, 3.63) is 0 Å². The highest BCUT2D eigenvalue weighted by atomic mass is 16.4. The van der Waals surface area contributed by atoms with E-state index in [0.29, 0.717) is 6.21 Å². The molecule has 1 rings (SSSR count). The first-order valence-corrected chi connectivity index (χ1v) is 3.43. The molecule has 1 unspecified atom stereocenters. The lowest BCUT2D eigenvalue weighted by Crippen LogP contribution is -2.67. The molecule has 0 saturated carbocycles. The minimum absolute atomic E-state index is 0.0615. The predicted octanol–water partition coefficient (Wildman–Crippen LogP) is -1.55. The number of rotatable bonds is 2. The van der Waals surface area contributed by atoms with E-state index >= 15 is 0 Å². The van der Waals surface area contributed by atoms with Crippen LogP contribution in [-0.4, -0.2) is 35.3 Å². The summed E-state index contributed by atoms with van der Waals surface area (Å²) in [5.74, 6) is -0.800. The molecule has 1 saturated heterocycles. The molecule has 0 aliphatic carbocycles. The van der Waals surface area contributed by atoms with Gasteiger partial charge in [0.15, 0.2) is 0 Å². The minimum atomic E-state index is -0.579. The first kappa shape index (κ1) is 8.51. The van der Waals surface area contributed by atoms with Crippen LogP contribution < -0.4 is 10.6 Å². The van der Waals surface area contributed by atoms with E-state index in [4.69, 9.17) is 5.21 Å². The fraction of sp³-hybridized carbons (Fsp3) is 0.500. The largest absolute Gasteiger partial charge is 0.411 e. The number of nitrogens with one attached hydrogen (secondary N) is 2. The molecule has 6 heteroatoms. The standard InChI is InChI=1S/C6H9N3O3/c1-3-5(6(11)8-3)9-4(10)2-7-12/h2-3,5,12H,1H3,(H,8,11)(H,9,10)/b7-2+/t3-,5?/m0/s1. The van der Waals surface area contributed by atoms with Crippen molar-refractivity contribution in [2.24, 2.45) is 5.16 Å². The Bertz CT molecular complexity index is 238. The number of carbonyl (C=O) groups excluding carboxylic acids is 2. The first-order chi connectivity index (χ1) is 5.65. The molecule has 1 aliphatic rings. The number of β-lactam (4-membered cyclic amide) rings is 1. The third kappa shape index (κ3) is 1.52. The molecule has 0 aromatic rings. The van der Waals surface area contributed by atoms with E-state index in [1.807, 2.05) is 0 Å². The summed E-state index contributed by atoms with van der Waals surface area (Å²) in [6.45, 7) is 1.77. The van der Waals surface area contributed by atoms with Crippen LogP contribution in [0.3, 0.4) is 0 Å². The lowest BCUT2D eigenvalue weighted by molar-refractivity contribution is -0.134. The topological polar surface area (TPSA) is 90.8 Å². The Kier molecular flexibility index (Phi) is 2.27. The average Bonchev–Trinajstić information content (AvgIpc) is 2.02. The van der Waals surface area contributed by atoms with Gasteiger partial charge < -0.3 is 15.8 Å². The second-order valence-electron chi connectivity index (χ2n) is 2.53. The lowest BCUT2D eigenvalue weighted by atomic mass is 10.0. The summed E-state index contributed by atoms with van der Waals surface area (Å²) < 4.78 is 0. The van der Waals surface area contributed by atoms with Gasteiger partial charge >= 0.3 is 0 Å². The average molecular weight is 171 g/mol. The van der Waals surface area contributed by atoms with E-state index in [9.17, 15) is 9.59 Å². The molecule has 1 fully saturated rings. The van der Waals surface area contributed by atoms with Gasteiger partial charge in [-0.15, -0.1) is 0 Å². The number of hydrogen-bond acceptors (Lipinski definition) is 4. The number of oxime groups is 1. The highest BCUT2D eigenvalue weighted by Crippen LogP contribution is 2.03. The number of amides is 2. The first-order valence-electron chi connectivity index (χ1n) is 3.43. The van der Waals surface area contributed by atoms with E-state index in [0.717, 1.165) is 0 Å². The molecule has 0 spiro atoms. The summed E-state index contributed by atoms with van der Waals surface area (Å²) in [5, 5.41) is 15.4. The Morgan fingerprint density at radius 2 is 2.50 bits per heavy atom. The van der Waals surface area contributed by atoms with Crippen molar-refractivity contribution in [2.45, 2.75) is 19.0 Å². The Morgan fingerprint density at radius 3 is 2.92 bits per heavy atom. The Hall–Kier alpha value is -1.59. The lowest BCUT2D eigenvalue weighted by Gasteiger charge is -2.33. The summed E-state index contributed by atoms with van der Waals surface area (Å²) in [5.41, 5.74) is 0. The van der Waals surface area contributed by atoms with Gasteiger partial charge in [-0.1, -0.05) is 5.16 Å². The molecule has 0 aromatic heterocycles.